The first-order valence-electron chi connectivity index (χ1n) is 6.27. The number of ether oxygens (including phenoxy) is 1. The Morgan fingerprint density at radius 1 is 1.33 bits per heavy atom. The average molecular weight is 248 g/mol. The van der Waals surface area contributed by atoms with E-state index in [2.05, 4.69) is 13.0 Å². The van der Waals surface area contributed by atoms with Crippen molar-refractivity contribution in [3.05, 3.63) is 35.6 Å². The lowest BCUT2D eigenvalue weighted by Gasteiger charge is -2.13. The minimum atomic E-state index is -0.567. The van der Waals surface area contributed by atoms with E-state index in [-0.39, 0.29) is 0 Å². The summed E-state index contributed by atoms with van der Waals surface area (Å²) >= 11 is 0. The first-order valence-corrected chi connectivity index (χ1v) is 6.27. The number of aliphatic hydroxyl groups excluding tert-OH is 1. The maximum absolute atomic E-state index is 10.1. The van der Waals surface area contributed by atoms with E-state index < -0.39 is 6.10 Å². The number of aryl methyl sites for hydroxylation is 1. The van der Waals surface area contributed by atoms with Crippen LogP contribution in [0.25, 0.3) is 11.0 Å². The molecular formula is C15H20O3. The molecule has 0 saturated carbocycles. The summed E-state index contributed by atoms with van der Waals surface area (Å²) in [6.45, 7) is 4.75. The summed E-state index contributed by atoms with van der Waals surface area (Å²) < 4.78 is 10.7. The number of aliphatic hydroxyl groups is 1. The quantitative estimate of drug-likeness (QED) is 0.881. The summed E-state index contributed by atoms with van der Waals surface area (Å²) in [5, 5.41) is 11.2. The topological polar surface area (TPSA) is 42.6 Å². The molecule has 1 N–H and O–H groups in total. The fourth-order valence-corrected chi connectivity index (χ4v) is 2.20. The lowest BCUT2D eigenvalue weighted by Crippen LogP contribution is -2.08. The van der Waals surface area contributed by atoms with Crippen molar-refractivity contribution < 1.29 is 14.3 Å². The lowest BCUT2D eigenvalue weighted by molar-refractivity contribution is 0.0896. The van der Waals surface area contributed by atoms with Gasteiger partial charge < -0.3 is 14.3 Å². The zero-order valence-corrected chi connectivity index (χ0v) is 11.1. The van der Waals surface area contributed by atoms with Gasteiger partial charge in [0.15, 0.2) is 0 Å². The Balaban J connectivity index is 2.15. The van der Waals surface area contributed by atoms with Crippen molar-refractivity contribution in [2.75, 3.05) is 13.7 Å². The van der Waals surface area contributed by atoms with Crippen molar-refractivity contribution in [1.29, 1.82) is 0 Å². The predicted molar refractivity (Wildman–Crippen MR) is 71.6 cm³/mol. The van der Waals surface area contributed by atoms with Crippen LogP contribution >= 0.6 is 0 Å². The number of benzene rings is 1. The van der Waals surface area contributed by atoms with Gasteiger partial charge in [-0.3, -0.25) is 0 Å². The maximum atomic E-state index is 10.1. The van der Waals surface area contributed by atoms with Crippen molar-refractivity contribution in [2.45, 2.75) is 26.4 Å². The van der Waals surface area contributed by atoms with Crippen LogP contribution in [0.15, 0.2) is 28.7 Å². The molecule has 0 radical (unpaired) electrons. The molecule has 1 aromatic heterocycles. The number of furan rings is 1. The van der Waals surface area contributed by atoms with E-state index in [1.54, 1.807) is 7.11 Å². The van der Waals surface area contributed by atoms with Crippen molar-refractivity contribution >= 4 is 11.0 Å². The molecule has 0 aliphatic heterocycles. The molecule has 3 heteroatoms. The third-order valence-corrected chi connectivity index (χ3v) is 3.10. The molecule has 98 valence electrons. The zero-order valence-electron chi connectivity index (χ0n) is 11.1. The van der Waals surface area contributed by atoms with Crippen molar-refractivity contribution in [3.8, 4) is 0 Å². The van der Waals surface area contributed by atoms with E-state index in [4.69, 9.17) is 9.15 Å². The van der Waals surface area contributed by atoms with E-state index in [1.807, 2.05) is 25.1 Å². The first-order chi connectivity index (χ1) is 8.60. The van der Waals surface area contributed by atoms with Gasteiger partial charge in [-0.1, -0.05) is 18.6 Å². The Labute approximate surface area is 107 Å². The SMILES string of the molecule is COCC(C)CC(O)c1cc2cc(C)ccc2o1. The van der Waals surface area contributed by atoms with Crippen molar-refractivity contribution in [1.82, 2.24) is 0 Å². The Hall–Kier alpha value is -1.32. The third-order valence-electron chi connectivity index (χ3n) is 3.10. The fraction of sp³-hybridized carbons (Fsp3) is 0.467. The van der Waals surface area contributed by atoms with Gasteiger partial charge in [-0.2, -0.15) is 0 Å². The van der Waals surface area contributed by atoms with E-state index >= 15 is 0 Å². The molecule has 0 aliphatic carbocycles. The summed E-state index contributed by atoms with van der Waals surface area (Å²) in [6, 6.07) is 7.94. The zero-order chi connectivity index (χ0) is 13.1. The van der Waals surface area contributed by atoms with Crippen molar-refractivity contribution in [2.24, 2.45) is 5.92 Å². The molecule has 0 saturated heterocycles. The molecule has 18 heavy (non-hydrogen) atoms. The molecule has 1 aromatic carbocycles. The lowest BCUT2D eigenvalue weighted by atomic mass is 10.0. The van der Waals surface area contributed by atoms with Crippen LogP contribution in [0.3, 0.4) is 0 Å². The monoisotopic (exact) mass is 248 g/mol. The molecule has 2 aromatic rings. The first kappa shape index (κ1) is 13.1. The van der Waals surface area contributed by atoms with Crippen LogP contribution in [-0.4, -0.2) is 18.8 Å². The number of hydrogen-bond donors (Lipinski definition) is 1. The Kier molecular flexibility index (Phi) is 4.04. The summed E-state index contributed by atoms with van der Waals surface area (Å²) in [7, 11) is 1.67. The average Bonchev–Trinajstić information content (AvgIpc) is 2.72. The molecular weight excluding hydrogens is 228 g/mol. The predicted octanol–water partition coefficient (Wildman–Crippen LogP) is 3.45. The highest BCUT2D eigenvalue weighted by Crippen LogP contribution is 2.28. The van der Waals surface area contributed by atoms with E-state index in [0.29, 0.717) is 24.7 Å². The van der Waals surface area contributed by atoms with Crippen LogP contribution in [0.5, 0.6) is 0 Å². The van der Waals surface area contributed by atoms with Crippen LogP contribution in [0.4, 0.5) is 0 Å². The Bertz CT molecular complexity index is 515. The van der Waals surface area contributed by atoms with Crippen LogP contribution in [0, 0.1) is 12.8 Å². The summed E-state index contributed by atoms with van der Waals surface area (Å²) in [5.74, 6) is 0.943. The van der Waals surface area contributed by atoms with Gasteiger partial charge in [-0.25, -0.2) is 0 Å². The highest BCUT2D eigenvalue weighted by atomic mass is 16.5. The van der Waals surface area contributed by atoms with E-state index in [1.165, 1.54) is 5.56 Å². The highest BCUT2D eigenvalue weighted by Gasteiger charge is 2.16. The Morgan fingerprint density at radius 2 is 2.11 bits per heavy atom. The third kappa shape index (κ3) is 2.92. The fourth-order valence-electron chi connectivity index (χ4n) is 2.20. The van der Waals surface area contributed by atoms with Gasteiger partial charge in [-0.15, -0.1) is 0 Å². The molecule has 3 nitrogen and oxygen atoms in total. The van der Waals surface area contributed by atoms with Crippen LogP contribution < -0.4 is 0 Å². The molecule has 2 unspecified atom stereocenters. The molecule has 0 aliphatic rings. The summed E-state index contributed by atoms with van der Waals surface area (Å²) in [6.07, 6.45) is 0.0787. The molecule has 0 fully saturated rings. The summed E-state index contributed by atoms with van der Waals surface area (Å²) in [5.41, 5.74) is 2.02. The second-order valence-electron chi connectivity index (χ2n) is 5.00. The molecule has 2 rings (SSSR count). The van der Waals surface area contributed by atoms with E-state index in [9.17, 15) is 5.11 Å². The smallest absolute Gasteiger partial charge is 0.134 e. The number of hydrogen-bond acceptors (Lipinski definition) is 3. The van der Waals surface area contributed by atoms with Gasteiger partial charge in [0.2, 0.25) is 0 Å². The van der Waals surface area contributed by atoms with Gasteiger partial charge in [0.25, 0.3) is 0 Å². The standard InChI is InChI=1S/C15H20O3/c1-10-4-5-14-12(6-10)8-15(18-14)13(16)7-11(2)9-17-3/h4-6,8,11,13,16H,7,9H2,1-3H3. The number of rotatable bonds is 5. The summed E-state index contributed by atoms with van der Waals surface area (Å²) in [4.78, 5) is 0. The van der Waals surface area contributed by atoms with Gasteiger partial charge in [0, 0.05) is 19.1 Å². The minimum Gasteiger partial charge on any atom is -0.458 e. The van der Waals surface area contributed by atoms with Gasteiger partial charge in [0.1, 0.15) is 17.4 Å². The van der Waals surface area contributed by atoms with Crippen LogP contribution in [0.2, 0.25) is 0 Å². The van der Waals surface area contributed by atoms with Crippen molar-refractivity contribution in [3.63, 3.8) is 0 Å². The minimum absolute atomic E-state index is 0.306. The van der Waals surface area contributed by atoms with E-state index in [0.717, 1.165) is 11.0 Å². The molecule has 0 bridgehead atoms. The van der Waals surface area contributed by atoms with Gasteiger partial charge in [0.05, 0.1) is 0 Å². The molecule has 0 spiro atoms. The molecule has 0 amide bonds. The largest absolute Gasteiger partial charge is 0.458 e. The van der Waals surface area contributed by atoms with Gasteiger partial charge >= 0.3 is 0 Å². The second-order valence-corrected chi connectivity index (χ2v) is 5.00. The number of fused-ring (bicyclic) bond motifs is 1. The maximum Gasteiger partial charge on any atom is 0.134 e. The second kappa shape index (κ2) is 5.55. The van der Waals surface area contributed by atoms with Gasteiger partial charge in [-0.05, 0) is 37.5 Å². The highest BCUT2D eigenvalue weighted by molar-refractivity contribution is 5.78. The number of methoxy groups -OCH3 is 1. The molecule has 2 atom stereocenters. The van der Waals surface area contributed by atoms with Crippen LogP contribution in [-0.2, 0) is 4.74 Å². The Morgan fingerprint density at radius 3 is 2.83 bits per heavy atom. The normalized spacial score (nSPS) is 14.9. The van der Waals surface area contributed by atoms with Crippen LogP contribution in [0.1, 0.15) is 30.8 Å². The molecule has 1 heterocycles.